The Labute approximate surface area is 606 Å². The standard InChI is InChI=1S/C57H87N15O22S6/c1-24(2)13-30(63-46(82)29(10-11-42(77)78)62-50(86)35(20-97)67-45(81)28(58)18-95)47(83)68-37(22-99)52(88)70-36(21-98)51(87)65-32(15-40(59)75)56(92)72-12-4-5-39(72)54(90)64-31(16-43(79)80)48(84)69-38(23-100)53(89)71-44(25(3)73)55(91)60-17-41(76)61-34(19-96)49(85)66-33(57(93)94)14-26-6-8-27(74)9-7-26/h6-9,24-25,28-39,44,73-74,95-100H,4-5,10-23,58H2,1-3H3,(H2,59,75)(H,60,91)(H,61,76)(H,62,86)(H,63,82)(H,64,90)(H,65,87)(H,66,85)(H,67,81)(H,68,83)(H,69,84)(H,70,88)(H,71,89)(H,77,78)(H,79,80)(H,93,94)/t25-,28+,29+,30+,31+,32+,33+,34+,35+,36+,37+,38+,39+,44+/m1/s1. The number of aliphatic hydroxyl groups excluding tert-OH is 1. The van der Waals surface area contributed by atoms with E-state index in [1.807, 2.05) is 0 Å². The second-order valence-corrected chi connectivity index (χ2v) is 25.2. The highest BCUT2D eigenvalue weighted by Gasteiger charge is 2.42. The molecule has 100 heavy (non-hydrogen) atoms. The first-order chi connectivity index (χ1) is 46.9. The average molecular weight is 1530 g/mol. The summed E-state index contributed by atoms with van der Waals surface area (Å²) in [6, 6.07) is -15.1. The minimum Gasteiger partial charge on any atom is -0.508 e. The lowest BCUT2D eigenvalue weighted by molar-refractivity contribution is -0.144. The summed E-state index contributed by atoms with van der Waals surface area (Å²) in [4.78, 5) is 225. The van der Waals surface area contributed by atoms with Gasteiger partial charge in [0.2, 0.25) is 82.7 Å². The van der Waals surface area contributed by atoms with Crippen LogP contribution in [0.3, 0.4) is 0 Å². The summed E-state index contributed by atoms with van der Waals surface area (Å²) in [5, 5.41) is 76.4. The number of phenols is 1. The van der Waals surface area contributed by atoms with E-state index < -0.39 is 235 Å². The first-order valence-electron chi connectivity index (χ1n) is 30.7. The number of hydrogen-bond donors (Lipinski definition) is 25. The smallest absolute Gasteiger partial charge is 0.326 e. The summed E-state index contributed by atoms with van der Waals surface area (Å²) in [6.07, 6.45) is -5.20. The van der Waals surface area contributed by atoms with Crippen molar-refractivity contribution in [3.05, 3.63) is 29.8 Å². The number of carbonyl (C=O) groups excluding carboxylic acids is 14. The molecule has 1 aromatic carbocycles. The second kappa shape index (κ2) is 44.3. The SMILES string of the molecule is CC(C)C[C@H](NC(=O)[C@H](CCC(=O)O)NC(=O)[C@H](CS)NC(=O)[C@@H](N)CS)C(=O)N[C@@H](CS)C(=O)N[C@@H](CS)C(=O)N[C@@H](CC(N)=O)C(=O)N1CCC[C@H]1C(=O)N[C@@H](CC(=O)O)C(=O)N[C@@H](CS)C(=O)N[C@H](C(=O)NCC(=O)N[C@@H](CS)C(=O)N[C@@H](Cc1ccc(O)cc1)C(=O)O)[C@@H](C)O. The van der Waals surface area contributed by atoms with Gasteiger partial charge in [-0.15, -0.1) is 0 Å². The Morgan fingerprint density at radius 2 is 0.940 bits per heavy atom. The van der Waals surface area contributed by atoms with Crippen LogP contribution < -0.4 is 75.3 Å². The zero-order valence-electron chi connectivity index (χ0n) is 54.2. The second-order valence-electron chi connectivity index (χ2n) is 23.0. The largest absolute Gasteiger partial charge is 0.508 e. The van der Waals surface area contributed by atoms with E-state index in [0.717, 1.165) is 11.8 Å². The highest BCUT2D eigenvalue weighted by atomic mass is 32.1. The summed E-state index contributed by atoms with van der Waals surface area (Å²) in [7, 11) is 0. The van der Waals surface area contributed by atoms with E-state index >= 15 is 0 Å². The molecule has 0 radical (unpaired) electrons. The molecule has 2 rings (SSSR count). The number of carboxylic acid groups (broad SMARTS) is 3. The molecule has 14 amide bonds. The lowest BCUT2D eigenvalue weighted by atomic mass is 10.0. The number of hydrogen-bond acceptors (Lipinski definition) is 26. The molecule has 37 nitrogen and oxygen atoms in total. The minimum absolute atomic E-state index is 0.0830. The van der Waals surface area contributed by atoms with Crippen LogP contribution in [0.5, 0.6) is 5.75 Å². The molecule has 1 heterocycles. The van der Waals surface area contributed by atoms with Crippen molar-refractivity contribution in [1.82, 2.24) is 68.7 Å². The van der Waals surface area contributed by atoms with Crippen molar-refractivity contribution in [3.8, 4) is 5.75 Å². The molecule has 0 unspecified atom stereocenters. The van der Waals surface area contributed by atoms with Crippen molar-refractivity contribution in [2.45, 2.75) is 157 Å². The Morgan fingerprint density at radius 1 is 0.510 bits per heavy atom. The van der Waals surface area contributed by atoms with E-state index in [4.69, 9.17) is 11.5 Å². The van der Waals surface area contributed by atoms with E-state index in [9.17, 15) is 107 Å². The van der Waals surface area contributed by atoms with Crippen molar-refractivity contribution >= 4 is 176 Å². The van der Waals surface area contributed by atoms with Gasteiger partial charge >= 0.3 is 17.9 Å². The molecule has 43 heteroatoms. The number of aliphatic hydroxyl groups is 1. The Balaban J connectivity index is 2.22. The summed E-state index contributed by atoms with van der Waals surface area (Å²) in [6.45, 7) is 3.32. The van der Waals surface area contributed by atoms with E-state index in [1.165, 1.54) is 24.3 Å². The fraction of sp³-hybridized carbons (Fsp3) is 0.596. The molecule has 21 N–H and O–H groups in total. The maximum atomic E-state index is 14.3. The van der Waals surface area contributed by atoms with Gasteiger partial charge in [0, 0.05) is 53.9 Å². The fourth-order valence-electron chi connectivity index (χ4n) is 9.28. The number of thiol groups is 6. The summed E-state index contributed by atoms with van der Waals surface area (Å²) in [5.41, 5.74) is 11.6. The molecule has 0 saturated carbocycles. The molecule has 558 valence electrons. The minimum atomic E-state index is -2.00. The number of rotatable bonds is 44. The van der Waals surface area contributed by atoms with Gasteiger partial charge in [-0.3, -0.25) is 76.7 Å². The van der Waals surface area contributed by atoms with Gasteiger partial charge in [-0.05, 0) is 56.2 Å². The summed E-state index contributed by atoms with van der Waals surface area (Å²) < 4.78 is 0. The van der Waals surface area contributed by atoms with Crippen LogP contribution in [-0.2, 0) is 87.9 Å². The van der Waals surface area contributed by atoms with Gasteiger partial charge in [0.1, 0.15) is 78.3 Å². The van der Waals surface area contributed by atoms with E-state index in [1.54, 1.807) is 13.8 Å². The van der Waals surface area contributed by atoms with Gasteiger partial charge in [-0.2, -0.15) is 75.8 Å². The molecular formula is C57H87N15O22S6. The van der Waals surface area contributed by atoms with E-state index in [0.29, 0.717) is 5.56 Å². The van der Waals surface area contributed by atoms with Crippen LogP contribution in [0.4, 0.5) is 0 Å². The van der Waals surface area contributed by atoms with Crippen LogP contribution in [0.25, 0.3) is 0 Å². The Morgan fingerprint density at radius 3 is 1.39 bits per heavy atom. The van der Waals surface area contributed by atoms with Crippen molar-refractivity contribution in [1.29, 1.82) is 0 Å². The molecule has 0 aromatic heterocycles. The fourth-order valence-corrected chi connectivity index (χ4v) is 10.7. The first-order valence-corrected chi connectivity index (χ1v) is 34.5. The third kappa shape index (κ3) is 30.1. The number of primary amides is 1. The van der Waals surface area contributed by atoms with Crippen LogP contribution in [0.2, 0.25) is 0 Å². The van der Waals surface area contributed by atoms with Gasteiger partial charge < -0.3 is 106 Å². The topological polar surface area (TPSA) is 591 Å². The molecule has 0 spiro atoms. The number of nitrogens with zero attached hydrogens (tertiary/aromatic N) is 1. The van der Waals surface area contributed by atoms with Crippen LogP contribution in [-0.4, -0.2) is 263 Å². The first kappa shape index (κ1) is 88.1. The Hall–Kier alpha value is -7.97. The van der Waals surface area contributed by atoms with Gasteiger partial charge in [0.25, 0.3) is 0 Å². The van der Waals surface area contributed by atoms with Crippen LogP contribution in [0.1, 0.15) is 71.3 Å². The van der Waals surface area contributed by atoms with Crippen molar-refractivity contribution in [2.75, 3.05) is 47.6 Å². The number of likely N-dealkylation sites (tertiary alicyclic amines) is 1. The third-order valence-corrected chi connectivity index (χ3v) is 16.8. The molecule has 1 aromatic rings. The monoisotopic (exact) mass is 1530 g/mol. The number of phenolic OH excluding ortho intramolecular Hbond substituents is 1. The molecular weight excluding hydrogens is 1440 g/mol. The number of nitrogens with one attached hydrogen (secondary N) is 12. The predicted octanol–water partition coefficient (Wildman–Crippen LogP) is -7.99. The normalized spacial score (nSPS) is 16.5. The predicted molar refractivity (Wildman–Crippen MR) is 374 cm³/mol. The van der Waals surface area contributed by atoms with Gasteiger partial charge in [-0.25, -0.2) is 4.79 Å². The highest BCUT2D eigenvalue weighted by Crippen LogP contribution is 2.21. The molecule has 1 aliphatic rings. The Bertz CT molecular complexity index is 3110. The molecule has 1 fully saturated rings. The van der Waals surface area contributed by atoms with Crippen molar-refractivity contribution < 1.29 is 107 Å². The maximum absolute atomic E-state index is 14.3. The number of benzene rings is 1. The number of carboxylic acids is 3. The number of carbonyl (C=O) groups is 17. The zero-order valence-corrected chi connectivity index (χ0v) is 59.6. The van der Waals surface area contributed by atoms with Crippen LogP contribution >= 0.6 is 75.8 Å². The van der Waals surface area contributed by atoms with Gasteiger partial charge in [0.15, 0.2) is 0 Å². The molecule has 1 aliphatic heterocycles. The quantitative estimate of drug-likeness (QED) is 0.0270. The van der Waals surface area contributed by atoms with E-state index in [-0.39, 0.29) is 61.2 Å². The maximum Gasteiger partial charge on any atom is 0.326 e. The molecule has 0 bridgehead atoms. The summed E-state index contributed by atoms with van der Waals surface area (Å²) in [5.74, 6) is -22.0. The third-order valence-electron chi connectivity index (χ3n) is 14.6. The summed E-state index contributed by atoms with van der Waals surface area (Å²) >= 11 is 24.5. The number of aliphatic carboxylic acids is 3. The van der Waals surface area contributed by atoms with Crippen LogP contribution in [0.15, 0.2) is 24.3 Å². The number of amides is 14. The molecule has 14 atom stereocenters. The Kier molecular flexibility index (Phi) is 39.1. The van der Waals surface area contributed by atoms with Crippen molar-refractivity contribution in [3.63, 3.8) is 0 Å². The van der Waals surface area contributed by atoms with Gasteiger partial charge in [0.05, 0.1) is 31.5 Å². The number of nitrogens with two attached hydrogens (primary N) is 2. The van der Waals surface area contributed by atoms with Gasteiger partial charge in [-0.1, -0.05) is 26.0 Å². The lowest BCUT2D eigenvalue weighted by Gasteiger charge is -2.30. The van der Waals surface area contributed by atoms with Crippen LogP contribution in [0, 0.1) is 5.92 Å². The lowest BCUT2D eigenvalue weighted by Crippen LogP contribution is -2.62. The molecule has 1 saturated heterocycles. The van der Waals surface area contributed by atoms with E-state index in [2.05, 4.69) is 140 Å². The average Bonchev–Trinajstić information content (AvgIpc) is 1.61. The highest BCUT2D eigenvalue weighted by molar-refractivity contribution is 7.81. The molecule has 0 aliphatic carbocycles. The number of aromatic hydroxyl groups is 1. The van der Waals surface area contributed by atoms with Crippen molar-refractivity contribution in [2.24, 2.45) is 17.4 Å². The zero-order chi connectivity index (χ0) is 75.8.